The summed E-state index contributed by atoms with van der Waals surface area (Å²) in [6.07, 6.45) is 5.26. The van der Waals surface area contributed by atoms with Crippen molar-refractivity contribution in [1.29, 1.82) is 0 Å². The van der Waals surface area contributed by atoms with Gasteiger partial charge in [0.15, 0.2) is 0 Å². The van der Waals surface area contributed by atoms with E-state index < -0.39 is 5.60 Å². The molecule has 32 heavy (non-hydrogen) atoms. The van der Waals surface area contributed by atoms with E-state index in [2.05, 4.69) is 33.9 Å². The molecule has 168 valence electrons. The molecule has 3 heterocycles. The summed E-state index contributed by atoms with van der Waals surface area (Å²) in [5.41, 5.74) is 1.58. The fourth-order valence-electron chi connectivity index (χ4n) is 4.81. The molecule has 1 aromatic carbocycles. The smallest absolute Gasteiger partial charge is 0.255 e. The predicted molar refractivity (Wildman–Crippen MR) is 123 cm³/mol. The summed E-state index contributed by atoms with van der Waals surface area (Å²) in [6, 6.07) is 11.9. The molecule has 2 saturated heterocycles. The number of rotatable bonds is 3. The Balaban J connectivity index is 1.55. The van der Waals surface area contributed by atoms with E-state index in [1.807, 2.05) is 23.1 Å². The number of aromatic nitrogens is 1. The molecule has 6 nitrogen and oxygen atoms in total. The molecule has 1 aromatic heterocycles. The second-order valence-electron chi connectivity index (χ2n) is 9.21. The zero-order valence-electron chi connectivity index (χ0n) is 18.7. The highest BCUT2D eigenvalue weighted by atomic mass is 16.3. The summed E-state index contributed by atoms with van der Waals surface area (Å²) in [4.78, 5) is 21.5. The third kappa shape index (κ3) is 4.86. The van der Waals surface area contributed by atoms with E-state index in [0.29, 0.717) is 12.1 Å². The van der Waals surface area contributed by atoms with E-state index in [0.717, 1.165) is 37.1 Å². The minimum atomic E-state index is -1.03. The highest BCUT2D eigenvalue weighted by molar-refractivity contribution is 5.93. The van der Waals surface area contributed by atoms with Crippen molar-refractivity contribution in [1.82, 2.24) is 14.8 Å². The van der Waals surface area contributed by atoms with E-state index in [1.54, 1.807) is 32.3 Å². The average molecular weight is 434 g/mol. The molecule has 0 saturated carbocycles. The summed E-state index contributed by atoms with van der Waals surface area (Å²) in [5, 5.41) is 19.9. The first-order valence-electron chi connectivity index (χ1n) is 11.3. The molecule has 2 aliphatic heterocycles. The lowest BCUT2D eigenvalue weighted by Gasteiger charge is -2.57. The monoisotopic (exact) mass is 433 g/mol. The summed E-state index contributed by atoms with van der Waals surface area (Å²) in [6.45, 7) is 5.73. The van der Waals surface area contributed by atoms with Crippen LogP contribution in [0.4, 0.5) is 0 Å². The molecule has 2 aliphatic rings. The van der Waals surface area contributed by atoms with Crippen LogP contribution in [-0.4, -0.2) is 74.8 Å². The molecule has 2 N–H and O–H groups in total. The number of pyridine rings is 1. The Labute approximate surface area is 189 Å². The van der Waals surface area contributed by atoms with Gasteiger partial charge in [-0.05, 0) is 63.1 Å². The Morgan fingerprint density at radius 1 is 1.19 bits per heavy atom. The number of benzene rings is 1. The number of nitrogens with zero attached hydrogens (tertiary/aromatic N) is 3. The Bertz CT molecular complexity index is 989. The van der Waals surface area contributed by atoms with Crippen molar-refractivity contribution in [2.24, 2.45) is 0 Å². The molecule has 6 heteroatoms. The van der Waals surface area contributed by atoms with Crippen LogP contribution in [0.3, 0.4) is 0 Å². The van der Waals surface area contributed by atoms with Gasteiger partial charge in [-0.15, -0.1) is 0 Å². The van der Waals surface area contributed by atoms with Gasteiger partial charge in [-0.25, -0.2) is 0 Å². The molecule has 0 aliphatic carbocycles. The molecule has 2 fully saturated rings. The van der Waals surface area contributed by atoms with Crippen LogP contribution < -0.4 is 0 Å². The largest absolute Gasteiger partial charge is 0.395 e. The van der Waals surface area contributed by atoms with Gasteiger partial charge >= 0.3 is 0 Å². The van der Waals surface area contributed by atoms with Crippen molar-refractivity contribution in [2.45, 2.75) is 50.3 Å². The molecule has 4 rings (SSSR count). The maximum absolute atomic E-state index is 13.1. The van der Waals surface area contributed by atoms with E-state index in [-0.39, 0.29) is 30.5 Å². The quantitative estimate of drug-likeness (QED) is 0.727. The summed E-state index contributed by atoms with van der Waals surface area (Å²) in [7, 11) is 0. The van der Waals surface area contributed by atoms with Crippen molar-refractivity contribution in [3.63, 3.8) is 0 Å². The topological polar surface area (TPSA) is 76.9 Å². The lowest BCUT2D eigenvalue weighted by Crippen LogP contribution is -2.67. The fourth-order valence-corrected chi connectivity index (χ4v) is 4.81. The lowest BCUT2D eigenvalue weighted by molar-refractivity contribution is -0.0606. The normalized spacial score (nSPS) is 23.8. The second kappa shape index (κ2) is 9.41. The summed E-state index contributed by atoms with van der Waals surface area (Å²) < 4.78 is 0. The molecule has 0 spiro atoms. The molecule has 1 amide bonds. The molecule has 0 bridgehead atoms. The zero-order chi connectivity index (χ0) is 22.7. The van der Waals surface area contributed by atoms with Gasteiger partial charge in [0.05, 0.1) is 12.2 Å². The molecular weight excluding hydrogens is 402 g/mol. The zero-order valence-corrected chi connectivity index (χ0v) is 18.7. The molecule has 3 atom stereocenters. The molecule has 0 radical (unpaired) electrons. The van der Waals surface area contributed by atoms with Crippen LogP contribution in [-0.2, 0) is 0 Å². The highest BCUT2D eigenvalue weighted by Crippen LogP contribution is 2.42. The number of carbonyl (C=O) groups excluding carboxylic acids is 1. The number of carbonyl (C=O) groups is 1. The van der Waals surface area contributed by atoms with Crippen molar-refractivity contribution in [3.05, 3.63) is 65.5 Å². The van der Waals surface area contributed by atoms with Gasteiger partial charge in [0.2, 0.25) is 0 Å². The molecule has 2 aromatic rings. The third-order valence-electron chi connectivity index (χ3n) is 6.37. The first-order chi connectivity index (χ1) is 15.4. The fraction of sp³-hybridized carbons (Fsp3) is 0.462. The van der Waals surface area contributed by atoms with Gasteiger partial charge in [0, 0.05) is 49.0 Å². The van der Waals surface area contributed by atoms with Crippen LogP contribution in [0.25, 0.3) is 0 Å². The van der Waals surface area contributed by atoms with E-state index in [9.17, 15) is 15.0 Å². The van der Waals surface area contributed by atoms with Crippen molar-refractivity contribution in [3.8, 4) is 11.8 Å². The van der Waals surface area contributed by atoms with Crippen LogP contribution in [0.1, 0.15) is 54.1 Å². The van der Waals surface area contributed by atoms with E-state index in [4.69, 9.17) is 0 Å². The van der Waals surface area contributed by atoms with Crippen LogP contribution in [0.2, 0.25) is 0 Å². The second-order valence-corrected chi connectivity index (χ2v) is 9.21. The number of aliphatic hydroxyl groups is 2. The van der Waals surface area contributed by atoms with Crippen molar-refractivity contribution < 1.29 is 15.0 Å². The first kappa shape index (κ1) is 22.5. The van der Waals surface area contributed by atoms with Crippen LogP contribution in [0.15, 0.2) is 48.8 Å². The molecule has 0 unspecified atom stereocenters. The van der Waals surface area contributed by atoms with Crippen molar-refractivity contribution >= 4 is 5.91 Å². The Kier molecular flexibility index (Phi) is 6.61. The van der Waals surface area contributed by atoms with Crippen molar-refractivity contribution in [2.75, 3.05) is 26.2 Å². The number of fused-ring (bicyclic) bond motifs is 1. The standard InChI is InChI=1S/C26H31N3O3/c1-26(2,32)12-11-19-7-9-20(10-8-19)24-22-17-28(25(31)21-6-5-13-27-16-21)14-3-4-15-29(22)23(24)18-30/h5-10,13,16,22-24,30,32H,3-4,14-15,17-18H2,1-2H3/t22-,23-,24-/m1/s1. The van der Waals surface area contributed by atoms with Gasteiger partial charge < -0.3 is 15.1 Å². The van der Waals surface area contributed by atoms with Crippen LogP contribution in [0.5, 0.6) is 0 Å². The Morgan fingerprint density at radius 3 is 2.59 bits per heavy atom. The highest BCUT2D eigenvalue weighted by Gasteiger charge is 2.49. The SMILES string of the molecule is CC(C)(O)C#Cc1ccc([C@H]2[C@@H](CO)N3CCCCN(C(=O)c4cccnc4)C[C@H]23)cc1. The maximum Gasteiger partial charge on any atom is 0.255 e. The minimum Gasteiger partial charge on any atom is -0.395 e. The van der Waals surface area contributed by atoms with Crippen LogP contribution >= 0.6 is 0 Å². The van der Waals surface area contributed by atoms with Gasteiger partial charge in [-0.1, -0.05) is 24.0 Å². The Morgan fingerprint density at radius 2 is 1.94 bits per heavy atom. The third-order valence-corrected chi connectivity index (χ3v) is 6.37. The molecular formula is C26H31N3O3. The first-order valence-corrected chi connectivity index (χ1v) is 11.3. The predicted octanol–water partition coefficient (Wildman–Crippen LogP) is 2.27. The number of amides is 1. The average Bonchev–Trinajstić information content (AvgIpc) is 2.77. The number of hydrogen-bond acceptors (Lipinski definition) is 5. The van der Waals surface area contributed by atoms with Gasteiger partial charge in [-0.2, -0.15) is 0 Å². The van der Waals surface area contributed by atoms with Gasteiger partial charge in [0.25, 0.3) is 5.91 Å². The number of aliphatic hydroxyl groups excluding tert-OH is 1. The maximum atomic E-state index is 13.1. The van der Waals surface area contributed by atoms with E-state index in [1.165, 1.54) is 0 Å². The van der Waals surface area contributed by atoms with Gasteiger partial charge in [-0.3, -0.25) is 14.7 Å². The summed E-state index contributed by atoms with van der Waals surface area (Å²) in [5.74, 6) is 6.01. The number of hydrogen-bond donors (Lipinski definition) is 2. The lowest BCUT2D eigenvalue weighted by atomic mass is 9.74. The minimum absolute atomic E-state index is 0.0170. The summed E-state index contributed by atoms with van der Waals surface area (Å²) >= 11 is 0. The van der Waals surface area contributed by atoms with Gasteiger partial charge in [0.1, 0.15) is 5.60 Å². The van der Waals surface area contributed by atoms with E-state index >= 15 is 0 Å². The Hall–Kier alpha value is -2.72. The van der Waals surface area contributed by atoms with Crippen LogP contribution in [0, 0.1) is 11.8 Å².